The number of aromatic nitrogens is 1. The Morgan fingerprint density at radius 3 is 2.25 bits per heavy atom. The topological polar surface area (TPSA) is 28.2 Å². The molecular formula is C12H23N3S. The Morgan fingerprint density at radius 1 is 1.31 bits per heavy atom. The van der Waals surface area contributed by atoms with Crippen molar-refractivity contribution in [3.05, 3.63) is 15.6 Å². The second-order valence-electron chi connectivity index (χ2n) is 5.46. The summed E-state index contributed by atoms with van der Waals surface area (Å²) >= 11 is 1.82. The molecule has 1 rings (SSSR count). The Kier molecular flexibility index (Phi) is 4.10. The van der Waals surface area contributed by atoms with Crippen molar-refractivity contribution in [1.29, 1.82) is 0 Å². The molecule has 1 aromatic heterocycles. The summed E-state index contributed by atoms with van der Waals surface area (Å²) in [4.78, 5) is 6.00. The monoisotopic (exact) mass is 241 g/mol. The highest BCUT2D eigenvalue weighted by molar-refractivity contribution is 7.12. The fraction of sp³-hybridized carbons (Fsp3) is 0.750. The van der Waals surface area contributed by atoms with Crippen LogP contribution in [-0.4, -0.2) is 24.1 Å². The summed E-state index contributed by atoms with van der Waals surface area (Å²) in [5, 5.41) is 3.20. The number of rotatable bonds is 3. The molecule has 0 radical (unpaired) electrons. The van der Waals surface area contributed by atoms with Crippen LogP contribution in [0.15, 0.2) is 0 Å². The van der Waals surface area contributed by atoms with Crippen molar-refractivity contribution in [1.82, 2.24) is 15.4 Å². The standard InChI is InChI=1S/C12H23N3S/c1-8-10(9(2)14-15(6)7)16-11(13-8)12(3,4)5/h9,14H,1-7H3. The molecule has 3 nitrogen and oxygen atoms in total. The van der Waals surface area contributed by atoms with E-state index in [0.717, 1.165) is 5.69 Å². The molecule has 0 spiro atoms. The van der Waals surface area contributed by atoms with Gasteiger partial charge in [-0.2, -0.15) is 0 Å². The summed E-state index contributed by atoms with van der Waals surface area (Å²) in [7, 11) is 4.02. The summed E-state index contributed by atoms with van der Waals surface area (Å²) < 4.78 is 0. The predicted molar refractivity (Wildman–Crippen MR) is 70.8 cm³/mol. The average molecular weight is 241 g/mol. The third-order valence-corrected chi connectivity index (χ3v) is 4.09. The van der Waals surface area contributed by atoms with E-state index in [1.165, 1.54) is 9.88 Å². The van der Waals surface area contributed by atoms with Crippen LogP contribution in [0.5, 0.6) is 0 Å². The second-order valence-corrected chi connectivity index (χ2v) is 6.49. The van der Waals surface area contributed by atoms with Crippen molar-refractivity contribution < 1.29 is 0 Å². The van der Waals surface area contributed by atoms with E-state index in [4.69, 9.17) is 0 Å². The molecule has 16 heavy (non-hydrogen) atoms. The van der Waals surface area contributed by atoms with Crippen LogP contribution in [0.25, 0.3) is 0 Å². The first-order chi connectivity index (χ1) is 7.21. The highest BCUT2D eigenvalue weighted by Gasteiger charge is 2.22. The molecule has 0 aliphatic heterocycles. The average Bonchev–Trinajstić information content (AvgIpc) is 2.44. The van der Waals surface area contributed by atoms with E-state index in [-0.39, 0.29) is 5.41 Å². The molecule has 0 saturated carbocycles. The Morgan fingerprint density at radius 2 is 1.88 bits per heavy atom. The molecule has 0 aliphatic rings. The Hall–Kier alpha value is -0.450. The Labute approximate surface area is 103 Å². The van der Waals surface area contributed by atoms with Crippen LogP contribution in [0.3, 0.4) is 0 Å². The van der Waals surface area contributed by atoms with Gasteiger partial charge in [0.15, 0.2) is 0 Å². The highest BCUT2D eigenvalue weighted by atomic mass is 32.1. The van der Waals surface area contributed by atoms with Crippen molar-refractivity contribution in [2.75, 3.05) is 14.1 Å². The zero-order chi connectivity index (χ0) is 12.5. The Bertz CT molecular complexity index is 350. The molecule has 1 unspecified atom stereocenters. The molecule has 0 saturated heterocycles. The van der Waals surface area contributed by atoms with Crippen LogP contribution in [0.2, 0.25) is 0 Å². The predicted octanol–water partition coefficient (Wildman–Crippen LogP) is 2.88. The minimum absolute atomic E-state index is 0.144. The molecule has 0 aromatic carbocycles. The molecule has 1 aromatic rings. The second kappa shape index (κ2) is 4.82. The molecule has 1 N–H and O–H groups in total. The first-order valence-electron chi connectivity index (χ1n) is 5.63. The third kappa shape index (κ3) is 3.27. The van der Waals surface area contributed by atoms with Gasteiger partial charge in [0, 0.05) is 24.4 Å². The van der Waals surface area contributed by atoms with Crippen LogP contribution >= 0.6 is 11.3 Å². The van der Waals surface area contributed by atoms with Gasteiger partial charge in [0.05, 0.1) is 16.7 Å². The van der Waals surface area contributed by atoms with E-state index in [1.807, 2.05) is 30.4 Å². The fourth-order valence-electron chi connectivity index (χ4n) is 1.58. The number of aryl methyl sites for hydroxylation is 1. The van der Waals surface area contributed by atoms with E-state index in [2.05, 4.69) is 45.0 Å². The van der Waals surface area contributed by atoms with Crippen molar-refractivity contribution >= 4 is 11.3 Å². The van der Waals surface area contributed by atoms with Gasteiger partial charge in [-0.3, -0.25) is 5.01 Å². The Balaban J connectivity index is 2.94. The van der Waals surface area contributed by atoms with E-state index in [9.17, 15) is 0 Å². The van der Waals surface area contributed by atoms with Gasteiger partial charge in [0.25, 0.3) is 0 Å². The lowest BCUT2D eigenvalue weighted by Crippen LogP contribution is -2.32. The number of hydrazine groups is 1. The van der Waals surface area contributed by atoms with Gasteiger partial charge in [0.2, 0.25) is 0 Å². The largest absolute Gasteiger partial charge is 0.250 e. The molecule has 0 fully saturated rings. The maximum atomic E-state index is 4.67. The fourth-order valence-corrected chi connectivity index (χ4v) is 2.70. The summed E-state index contributed by atoms with van der Waals surface area (Å²) in [6.07, 6.45) is 0. The molecule has 4 heteroatoms. The van der Waals surface area contributed by atoms with Gasteiger partial charge in [-0.05, 0) is 13.8 Å². The molecule has 1 heterocycles. The summed E-state index contributed by atoms with van der Waals surface area (Å²) in [6.45, 7) is 10.9. The third-order valence-electron chi connectivity index (χ3n) is 2.32. The first kappa shape index (κ1) is 13.6. The van der Waals surface area contributed by atoms with E-state index in [0.29, 0.717) is 6.04 Å². The smallest absolute Gasteiger partial charge is 0.0985 e. The minimum atomic E-state index is 0.144. The zero-order valence-corrected chi connectivity index (χ0v) is 12.2. The number of nitrogens with zero attached hydrogens (tertiary/aromatic N) is 2. The lowest BCUT2D eigenvalue weighted by atomic mass is 9.98. The van der Waals surface area contributed by atoms with Crippen molar-refractivity contribution in [3.8, 4) is 0 Å². The van der Waals surface area contributed by atoms with Gasteiger partial charge in [-0.1, -0.05) is 20.8 Å². The summed E-state index contributed by atoms with van der Waals surface area (Å²) in [6, 6.07) is 0.323. The molecule has 0 aliphatic carbocycles. The van der Waals surface area contributed by atoms with E-state index in [1.54, 1.807) is 0 Å². The van der Waals surface area contributed by atoms with E-state index >= 15 is 0 Å². The molecule has 0 bridgehead atoms. The summed E-state index contributed by atoms with van der Waals surface area (Å²) in [5.41, 5.74) is 4.66. The van der Waals surface area contributed by atoms with Crippen molar-refractivity contribution in [2.45, 2.75) is 46.1 Å². The highest BCUT2D eigenvalue weighted by Crippen LogP contribution is 2.32. The lowest BCUT2D eigenvalue weighted by Gasteiger charge is -2.18. The van der Waals surface area contributed by atoms with Gasteiger partial charge >= 0.3 is 0 Å². The maximum absolute atomic E-state index is 4.67. The van der Waals surface area contributed by atoms with Gasteiger partial charge in [-0.15, -0.1) is 11.3 Å². The van der Waals surface area contributed by atoms with Crippen LogP contribution in [0, 0.1) is 6.92 Å². The lowest BCUT2D eigenvalue weighted by molar-refractivity contribution is 0.253. The van der Waals surface area contributed by atoms with Crippen LogP contribution in [0.1, 0.15) is 49.3 Å². The first-order valence-corrected chi connectivity index (χ1v) is 6.44. The number of hydrogen-bond acceptors (Lipinski definition) is 4. The normalized spacial score (nSPS) is 14.5. The number of hydrogen-bond donors (Lipinski definition) is 1. The van der Waals surface area contributed by atoms with Crippen molar-refractivity contribution in [2.24, 2.45) is 0 Å². The molecule has 0 amide bonds. The quantitative estimate of drug-likeness (QED) is 0.825. The number of thiazole rings is 1. The van der Waals surface area contributed by atoms with Crippen LogP contribution in [0.4, 0.5) is 0 Å². The maximum Gasteiger partial charge on any atom is 0.0985 e. The number of nitrogens with one attached hydrogen (secondary N) is 1. The van der Waals surface area contributed by atoms with Gasteiger partial charge in [-0.25, -0.2) is 10.4 Å². The molecular weight excluding hydrogens is 218 g/mol. The molecule has 1 atom stereocenters. The van der Waals surface area contributed by atoms with Gasteiger partial charge < -0.3 is 0 Å². The summed E-state index contributed by atoms with van der Waals surface area (Å²) in [5.74, 6) is 0. The zero-order valence-electron chi connectivity index (χ0n) is 11.4. The minimum Gasteiger partial charge on any atom is -0.250 e. The van der Waals surface area contributed by atoms with Crippen LogP contribution < -0.4 is 5.43 Å². The van der Waals surface area contributed by atoms with E-state index < -0.39 is 0 Å². The van der Waals surface area contributed by atoms with Crippen molar-refractivity contribution in [3.63, 3.8) is 0 Å². The van der Waals surface area contributed by atoms with Gasteiger partial charge in [0.1, 0.15) is 0 Å². The van der Waals surface area contributed by atoms with Crippen LogP contribution in [-0.2, 0) is 5.41 Å². The molecule has 92 valence electrons. The SMILES string of the molecule is Cc1nc(C(C)(C)C)sc1C(C)NN(C)C.